The maximum atomic E-state index is 13.4. The van der Waals surface area contributed by atoms with E-state index >= 15 is 0 Å². The number of carbonyl (C=O) groups excluding carboxylic acids is 2. The molecule has 1 aliphatic rings. The van der Waals surface area contributed by atoms with Gasteiger partial charge in [-0.2, -0.15) is 0 Å². The highest BCUT2D eigenvalue weighted by molar-refractivity contribution is 6.51. The van der Waals surface area contributed by atoms with Gasteiger partial charge in [-0.3, -0.25) is 14.5 Å². The van der Waals surface area contributed by atoms with Crippen LogP contribution in [0.1, 0.15) is 17.2 Å². The summed E-state index contributed by atoms with van der Waals surface area (Å²) in [5.41, 5.74) is 1.16. The summed E-state index contributed by atoms with van der Waals surface area (Å²) in [6.07, 6.45) is 0. The van der Waals surface area contributed by atoms with Gasteiger partial charge in [0.05, 0.1) is 11.6 Å². The van der Waals surface area contributed by atoms with Crippen LogP contribution < -0.4 is 4.90 Å². The van der Waals surface area contributed by atoms with Crippen molar-refractivity contribution in [3.63, 3.8) is 0 Å². The Morgan fingerprint density at radius 2 is 1.48 bits per heavy atom. The van der Waals surface area contributed by atoms with Crippen LogP contribution in [-0.2, 0) is 9.59 Å². The van der Waals surface area contributed by atoms with Crippen molar-refractivity contribution in [1.82, 2.24) is 0 Å². The molecule has 0 bridgehead atoms. The first-order chi connectivity index (χ1) is 14.0. The van der Waals surface area contributed by atoms with Gasteiger partial charge >= 0.3 is 0 Å². The number of nitrogens with zero attached hydrogens (tertiary/aromatic N) is 1. The van der Waals surface area contributed by atoms with Crippen molar-refractivity contribution in [3.05, 3.63) is 101 Å². The normalized spacial score (nSPS) is 18.2. The Morgan fingerprint density at radius 3 is 2.10 bits per heavy atom. The highest BCUT2D eigenvalue weighted by Gasteiger charge is 2.46. The Kier molecular flexibility index (Phi) is 4.60. The SMILES string of the molecule is O=C1C(=O)N(c2ccc(F)cc2)C(c2ccc(O)cc2)/C1=C(\O)c1ccccc1. The van der Waals surface area contributed by atoms with Crippen molar-refractivity contribution in [2.75, 3.05) is 4.90 Å². The number of benzene rings is 3. The number of phenolic OH excluding ortho intramolecular Hbond substituents is 1. The van der Waals surface area contributed by atoms with Crippen LogP contribution in [0, 0.1) is 5.82 Å². The summed E-state index contributed by atoms with van der Waals surface area (Å²) >= 11 is 0. The highest BCUT2D eigenvalue weighted by Crippen LogP contribution is 2.42. The van der Waals surface area contributed by atoms with Gasteiger partial charge in [0.15, 0.2) is 0 Å². The number of aliphatic hydroxyl groups is 1. The minimum atomic E-state index is -0.929. The molecule has 144 valence electrons. The Balaban J connectivity index is 1.94. The lowest BCUT2D eigenvalue weighted by atomic mass is 9.95. The zero-order valence-corrected chi connectivity index (χ0v) is 15.1. The standard InChI is InChI=1S/C23H16FNO4/c24-16-8-10-17(11-9-16)25-20(14-6-12-18(26)13-7-14)19(22(28)23(25)29)21(27)15-4-2-1-3-5-15/h1-13,20,26-27H/b21-19+. The third-order valence-electron chi connectivity index (χ3n) is 4.81. The summed E-state index contributed by atoms with van der Waals surface area (Å²) in [5.74, 6) is -2.42. The van der Waals surface area contributed by atoms with Gasteiger partial charge in [-0.05, 0) is 42.0 Å². The molecule has 0 spiro atoms. The number of aliphatic hydroxyl groups excluding tert-OH is 1. The third-order valence-corrected chi connectivity index (χ3v) is 4.81. The van der Waals surface area contributed by atoms with Gasteiger partial charge in [-0.1, -0.05) is 42.5 Å². The van der Waals surface area contributed by atoms with Crippen molar-refractivity contribution in [2.24, 2.45) is 0 Å². The maximum absolute atomic E-state index is 13.4. The molecule has 29 heavy (non-hydrogen) atoms. The van der Waals surface area contributed by atoms with Crippen molar-refractivity contribution >= 4 is 23.1 Å². The number of anilines is 1. The average Bonchev–Trinajstić information content (AvgIpc) is 3.00. The molecule has 1 saturated heterocycles. The lowest BCUT2D eigenvalue weighted by Gasteiger charge is -2.25. The summed E-state index contributed by atoms with van der Waals surface area (Å²) < 4.78 is 13.4. The zero-order chi connectivity index (χ0) is 20.5. The van der Waals surface area contributed by atoms with Crippen LogP contribution in [0.3, 0.4) is 0 Å². The molecule has 0 aromatic heterocycles. The number of amides is 1. The Bertz CT molecular complexity index is 1110. The molecule has 3 aromatic carbocycles. The summed E-state index contributed by atoms with van der Waals surface area (Å²) in [5, 5.41) is 20.5. The lowest BCUT2D eigenvalue weighted by Crippen LogP contribution is -2.29. The van der Waals surface area contributed by atoms with Crippen LogP contribution in [0.4, 0.5) is 10.1 Å². The van der Waals surface area contributed by atoms with Crippen molar-refractivity contribution in [3.8, 4) is 5.75 Å². The Hall–Kier alpha value is -3.93. The second-order valence-corrected chi connectivity index (χ2v) is 6.60. The predicted octanol–water partition coefficient (Wildman–Crippen LogP) is 4.16. The number of hydrogen-bond acceptors (Lipinski definition) is 4. The fraction of sp³-hybridized carbons (Fsp3) is 0.0435. The fourth-order valence-corrected chi connectivity index (χ4v) is 3.42. The monoisotopic (exact) mass is 389 g/mol. The summed E-state index contributed by atoms with van der Waals surface area (Å²) in [4.78, 5) is 27.0. The molecule has 5 nitrogen and oxygen atoms in total. The molecule has 0 aliphatic carbocycles. The molecule has 2 N–H and O–H groups in total. The van der Waals surface area contributed by atoms with E-state index in [0.717, 1.165) is 0 Å². The number of phenols is 1. The van der Waals surface area contributed by atoms with Gasteiger partial charge in [0.2, 0.25) is 0 Å². The number of Topliss-reactive ketones (excluding diaryl/α,β-unsaturated/α-hetero) is 1. The molecular formula is C23H16FNO4. The van der Waals surface area contributed by atoms with Gasteiger partial charge < -0.3 is 10.2 Å². The van der Waals surface area contributed by atoms with Gasteiger partial charge in [0.25, 0.3) is 11.7 Å². The molecule has 6 heteroatoms. The molecule has 1 unspecified atom stereocenters. The number of hydrogen-bond donors (Lipinski definition) is 2. The first kappa shape index (κ1) is 18.4. The van der Waals surface area contributed by atoms with Crippen molar-refractivity contribution < 1.29 is 24.2 Å². The summed E-state index contributed by atoms with van der Waals surface area (Å²) in [7, 11) is 0. The first-order valence-electron chi connectivity index (χ1n) is 8.88. The lowest BCUT2D eigenvalue weighted by molar-refractivity contribution is -0.132. The third kappa shape index (κ3) is 3.25. The van der Waals surface area contributed by atoms with Gasteiger partial charge in [-0.15, -0.1) is 0 Å². The van der Waals surface area contributed by atoms with E-state index in [1.54, 1.807) is 42.5 Å². The van der Waals surface area contributed by atoms with Gasteiger partial charge in [0, 0.05) is 11.3 Å². The van der Waals surface area contributed by atoms with E-state index in [-0.39, 0.29) is 17.1 Å². The van der Waals surface area contributed by atoms with Crippen molar-refractivity contribution in [2.45, 2.75) is 6.04 Å². The molecule has 1 fully saturated rings. The summed E-state index contributed by atoms with van der Waals surface area (Å²) in [6.45, 7) is 0. The second-order valence-electron chi connectivity index (χ2n) is 6.60. The molecule has 3 aromatic rings. The largest absolute Gasteiger partial charge is 0.508 e. The smallest absolute Gasteiger partial charge is 0.300 e. The van der Waals surface area contributed by atoms with E-state index in [0.29, 0.717) is 16.8 Å². The van der Waals surface area contributed by atoms with Crippen LogP contribution in [0.5, 0.6) is 5.75 Å². The molecular weight excluding hydrogens is 373 g/mol. The number of rotatable bonds is 3. The molecule has 4 rings (SSSR count). The van der Waals surface area contributed by atoms with Gasteiger partial charge in [-0.25, -0.2) is 4.39 Å². The van der Waals surface area contributed by atoms with Crippen LogP contribution in [-0.4, -0.2) is 21.9 Å². The zero-order valence-electron chi connectivity index (χ0n) is 15.1. The number of ketones is 1. The minimum absolute atomic E-state index is 0.0237. The molecule has 1 amide bonds. The van der Waals surface area contributed by atoms with E-state index < -0.39 is 23.5 Å². The van der Waals surface area contributed by atoms with Crippen LogP contribution in [0.2, 0.25) is 0 Å². The van der Waals surface area contributed by atoms with Crippen LogP contribution >= 0.6 is 0 Å². The number of carbonyl (C=O) groups is 2. The minimum Gasteiger partial charge on any atom is -0.508 e. The molecule has 0 radical (unpaired) electrons. The Labute approximate surface area is 166 Å². The van der Waals surface area contributed by atoms with E-state index in [4.69, 9.17) is 0 Å². The van der Waals surface area contributed by atoms with E-state index in [9.17, 15) is 24.2 Å². The summed E-state index contributed by atoms with van der Waals surface area (Å²) in [6, 6.07) is 18.7. The quantitative estimate of drug-likeness (QED) is 0.401. The van der Waals surface area contributed by atoms with Crippen molar-refractivity contribution in [1.29, 1.82) is 0 Å². The second kappa shape index (κ2) is 7.24. The Morgan fingerprint density at radius 1 is 0.862 bits per heavy atom. The molecule has 0 saturated carbocycles. The van der Waals surface area contributed by atoms with Crippen LogP contribution in [0.25, 0.3) is 5.76 Å². The van der Waals surface area contributed by atoms with E-state index in [1.165, 1.54) is 41.3 Å². The maximum Gasteiger partial charge on any atom is 0.300 e. The highest BCUT2D eigenvalue weighted by atomic mass is 19.1. The van der Waals surface area contributed by atoms with Gasteiger partial charge in [0.1, 0.15) is 17.3 Å². The topological polar surface area (TPSA) is 77.8 Å². The fourth-order valence-electron chi connectivity index (χ4n) is 3.42. The molecule has 1 aliphatic heterocycles. The molecule has 1 atom stereocenters. The van der Waals surface area contributed by atoms with Crippen LogP contribution in [0.15, 0.2) is 84.4 Å². The molecule has 1 heterocycles. The average molecular weight is 389 g/mol. The first-order valence-corrected chi connectivity index (χ1v) is 8.88. The van der Waals surface area contributed by atoms with E-state index in [2.05, 4.69) is 0 Å². The number of halogens is 1. The van der Waals surface area contributed by atoms with E-state index in [1.807, 2.05) is 0 Å². The predicted molar refractivity (Wildman–Crippen MR) is 106 cm³/mol. The number of aromatic hydroxyl groups is 1.